The lowest BCUT2D eigenvalue weighted by molar-refractivity contribution is -0.119. The molecule has 0 radical (unpaired) electrons. The molecule has 0 fully saturated rings. The van der Waals surface area contributed by atoms with Crippen molar-refractivity contribution in [1.82, 2.24) is 19.9 Å². The summed E-state index contributed by atoms with van der Waals surface area (Å²) in [5.74, 6) is -0.145. The van der Waals surface area contributed by atoms with E-state index in [2.05, 4.69) is 15.3 Å². The first-order valence-electron chi connectivity index (χ1n) is 6.98. The van der Waals surface area contributed by atoms with Crippen molar-refractivity contribution in [3.05, 3.63) is 16.8 Å². The Morgan fingerprint density at radius 3 is 2.71 bits per heavy atom. The standard InChI is InChI=1S/C14H19ClN4O2/c1-4-9(5-2)19-12-10(6-16-8(3)20)11(15)7-17-13(12)18-14(19)21/h7,9H,4-6H2,1-3H3,(H,16,20)(H,17,18,21). The van der Waals surface area contributed by atoms with E-state index < -0.39 is 0 Å². The molecule has 114 valence electrons. The number of hydrogen-bond donors (Lipinski definition) is 2. The second-order valence-corrected chi connectivity index (χ2v) is 5.33. The van der Waals surface area contributed by atoms with E-state index in [0.717, 1.165) is 18.4 Å². The highest BCUT2D eigenvalue weighted by Gasteiger charge is 2.21. The van der Waals surface area contributed by atoms with Crippen molar-refractivity contribution in [2.45, 2.75) is 46.2 Å². The highest BCUT2D eigenvalue weighted by Crippen LogP contribution is 2.32. The summed E-state index contributed by atoms with van der Waals surface area (Å²) in [6, 6.07) is 0.0314. The van der Waals surface area contributed by atoms with Crippen molar-refractivity contribution in [2.75, 3.05) is 0 Å². The average Bonchev–Trinajstić information content (AvgIpc) is 2.76. The van der Waals surface area contributed by atoms with Gasteiger partial charge in [0.25, 0.3) is 6.01 Å². The topological polar surface area (TPSA) is 80.0 Å². The van der Waals surface area contributed by atoms with Crippen LogP contribution in [0.1, 0.15) is 45.2 Å². The van der Waals surface area contributed by atoms with Crippen LogP contribution in [-0.2, 0) is 11.3 Å². The van der Waals surface area contributed by atoms with Crippen molar-refractivity contribution in [3.8, 4) is 6.01 Å². The third-order valence-corrected chi connectivity index (χ3v) is 3.90. The smallest absolute Gasteiger partial charge is 0.296 e. The van der Waals surface area contributed by atoms with Crippen molar-refractivity contribution in [1.29, 1.82) is 0 Å². The Morgan fingerprint density at radius 1 is 1.48 bits per heavy atom. The molecule has 2 heterocycles. The zero-order valence-corrected chi connectivity index (χ0v) is 13.1. The number of imidazole rings is 1. The maximum absolute atomic E-state index is 11.2. The van der Waals surface area contributed by atoms with Gasteiger partial charge in [0.2, 0.25) is 5.91 Å². The number of halogens is 1. The van der Waals surface area contributed by atoms with Gasteiger partial charge < -0.3 is 10.4 Å². The Hall–Kier alpha value is -1.82. The molecule has 2 aromatic rings. The molecule has 2 aromatic heterocycles. The number of pyridine rings is 1. The van der Waals surface area contributed by atoms with Crippen LogP contribution in [0.3, 0.4) is 0 Å². The molecule has 0 unspecified atom stereocenters. The Labute approximate surface area is 128 Å². The Morgan fingerprint density at radius 2 is 2.14 bits per heavy atom. The predicted octanol–water partition coefficient (Wildman–Crippen LogP) is 2.79. The lowest BCUT2D eigenvalue weighted by atomic mass is 10.1. The van der Waals surface area contributed by atoms with E-state index in [9.17, 15) is 9.90 Å². The molecule has 0 aliphatic rings. The lowest BCUT2D eigenvalue weighted by Gasteiger charge is -2.18. The number of nitrogens with zero attached hydrogens (tertiary/aromatic N) is 3. The first kappa shape index (κ1) is 15.6. The fraction of sp³-hybridized carbons (Fsp3) is 0.500. The highest BCUT2D eigenvalue weighted by atomic mass is 35.5. The largest absolute Gasteiger partial charge is 0.480 e. The van der Waals surface area contributed by atoms with Gasteiger partial charge in [-0.15, -0.1) is 0 Å². The second-order valence-electron chi connectivity index (χ2n) is 4.92. The first-order valence-corrected chi connectivity index (χ1v) is 7.36. The summed E-state index contributed by atoms with van der Waals surface area (Å²) in [5.41, 5.74) is 1.84. The molecule has 0 spiro atoms. The maximum atomic E-state index is 11.2. The first-order chi connectivity index (χ1) is 9.99. The van der Waals surface area contributed by atoms with Crippen LogP contribution >= 0.6 is 11.6 Å². The number of carbonyl (C=O) groups is 1. The average molecular weight is 311 g/mol. The number of rotatable bonds is 5. The van der Waals surface area contributed by atoms with E-state index in [0.29, 0.717) is 16.2 Å². The van der Waals surface area contributed by atoms with E-state index >= 15 is 0 Å². The summed E-state index contributed by atoms with van der Waals surface area (Å²) in [6.45, 7) is 5.82. The molecule has 0 aliphatic heterocycles. The molecule has 2 N–H and O–H groups in total. The van der Waals surface area contributed by atoms with Gasteiger partial charge in [-0.25, -0.2) is 4.98 Å². The summed E-state index contributed by atoms with van der Waals surface area (Å²) in [7, 11) is 0. The molecule has 0 aliphatic carbocycles. The number of amides is 1. The molecule has 21 heavy (non-hydrogen) atoms. The molecule has 2 rings (SSSR count). The van der Waals surface area contributed by atoms with Crippen molar-refractivity contribution in [2.24, 2.45) is 0 Å². The van der Waals surface area contributed by atoms with Gasteiger partial charge in [0.05, 0.1) is 10.5 Å². The molecular formula is C14H19ClN4O2. The molecule has 1 amide bonds. The number of aromatic nitrogens is 3. The molecule has 0 saturated heterocycles. The van der Waals surface area contributed by atoms with E-state index in [1.54, 1.807) is 4.57 Å². The zero-order valence-electron chi connectivity index (χ0n) is 12.4. The third kappa shape index (κ3) is 2.95. The molecule has 0 atom stereocenters. The van der Waals surface area contributed by atoms with Crippen LogP contribution in [0, 0.1) is 0 Å². The fourth-order valence-electron chi connectivity index (χ4n) is 2.47. The van der Waals surface area contributed by atoms with E-state index in [1.165, 1.54) is 13.1 Å². The van der Waals surface area contributed by atoms with Crippen LogP contribution < -0.4 is 5.32 Å². The van der Waals surface area contributed by atoms with Gasteiger partial charge in [0, 0.05) is 31.3 Å². The minimum absolute atomic E-state index is 0.0717. The van der Waals surface area contributed by atoms with E-state index in [-0.39, 0.29) is 24.5 Å². The maximum Gasteiger partial charge on any atom is 0.296 e. The minimum Gasteiger partial charge on any atom is -0.480 e. The van der Waals surface area contributed by atoms with Crippen LogP contribution in [0.15, 0.2) is 6.20 Å². The summed E-state index contributed by atoms with van der Waals surface area (Å²) < 4.78 is 1.76. The van der Waals surface area contributed by atoms with Gasteiger partial charge in [-0.3, -0.25) is 9.36 Å². The van der Waals surface area contributed by atoms with Gasteiger partial charge in [-0.2, -0.15) is 4.98 Å². The number of nitrogens with one attached hydrogen (secondary N) is 1. The second kappa shape index (κ2) is 6.30. The molecule has 0 bridgehead atoms. The van der Waals surface area contributed by atoms with Crippen LogP contribution in [0.2, 0.25) is 5.02 Å². The number of fused-ring (bicyclic) bond motifs is 1. The Kier molecular flexibility index (Phi) is 4.67. The van der Waals surface area contributed by atoms with Crippen LogP contribution in [0.5, 0.6) is 6.01 Å². The number of hydrogen-bond acceptors (Lipinski definition) is 4. The Bertz CT molecular complexity index is 665. The SMILES string of the molecule is CCC(CC)n1c(O)nc2ncc(Cl)c(CNC(C)=O)c21. The highest BCUT2D eigenvalue weighted by molar-refractivity contribution is 6.32. The lowest BCUT2D eigenvalue weighted by Crippen LogP contribution is -2.20. The summed E-state index contributed by atoms with van der Waals surface area (Å²) in [5, 5.41) is 13.3. The zero-order chi connectivity index (χ0) is 15.6. The quantitative estimate of drug-likeness (QED) is 0.890. The van der Waals surface area contributed by atoms with Crippen molar-refractivity contribution >= 4 is 28.7 Å². The number of carbonyl (C=O) groups excluding carboxylic acids is 1. The summed E-state index contributed by atoms with van der Waals surface area (Å²) in [6.07, 6.45) is 3.19. The minimum atomic E-state index is -0.145. The summed E-state index contributed by atoms with van der Waals surface area (Å²) >= 11 is 6.22. The molecule has 7 heteroatoms. The van der Waals surface area contributed by atoms with Crippen LogP contribution in [0.4, 0.5) is 0 Å². The van der Waals surface area contributed by atoms with E-state index in [1.807, 2.05) is 13.8 Å². The van der Waals surface area contributed by atoms with Crippen molar-refractivity contribution < 1.29 is 9.90 Å². The molecule has 0 aromatic carbocycles. The van der Waals surface area contributed by atoms with Gasteiger partial charge in [0.1, 0.15) is 0 Å². The van der Waals surface area contributed by atoms with Gasteiger partial charge in [-0.05, 0) is 12.8 Å². The van der Waals surface area contributed by atoms with E-state index in [4.69, 9.17) is 11.6 Å². The Balaban J connectivity index is 2.65. The number of aromatic hydroxyl groups is 1. The molecule has 6 nitrogen and oxygen atoms in total. The van der Waals surface area contributed by atoms with Crippen LogP contribution in [0.25, 0.3) is 11.2 Å². The fourth-order valence-corrected chi connectivity index (χ4v) is 2.67. The van der Waals surface area contributed by atoms with Gasteiger partial charge >= 0.3 is 0 Å². The molecule has 0 saturated carbocycles. The third-order valence-electron chi connectivity index (χ3n) is 3.57. The normalized spacial score (nSPS) is 11.3. The van der Waals surface area contributed by atoms with Crippen LogP contribution in [-0.4, -0.2) is 25.5 Å². The van der Waals surface area contributed by atoms with Gasteiger partial charge in [0.15, 0.2) is 5.65 Å². The van der Waals surface area contributed by atoms with Gasteiger partial charge in [-0.1, -0.05) is 25.4 Å². The monoisotopic (exact) mass is 310 g/mol. The predicted molar refractivity (Wildman–Crippen MR) is 81.3 cm³/mol. The molecular weight excluding hydrogens is 292 g/mol. The summed E-state index contributed by atoms with van der Waals surface area (Å²) in [4.78, 5) is 19.4. The van der Waals surface area contributed by atoms with Crippen molar-refractivity contribution in [3.63, 3.8) is 0 Å².